The standard InChI is InChI=1S/C16H21N3O4S/c1-3-22-14-9-21-8-12(14)18-15(20)17-10-5-6-11-13(7-10)23-16(19-11)24-4-2/h5-7,12,14H,3-4,8-9H2,1-2H3,(H2,17,18,20)/t12-,14-/m0/s1. The van der Waals surface area contributed by atoms with Crippen molar-refractivity contribution in [3.05, 3.63) is 18.2 Å². The lowest BCUT2D eigenvalue weighted by Gasteiger charge is -2.19. The summed E-state index contributed by atoms with van der Waals surface area (Å²) < 4.78 is 16.6. The predicted molar refractivity (Wildman–Crippen MR) is 92.6 cm³/mol. The van der Waals surface area contributed by atoms with Gasteiger partial charge in [0.15, 0.2) is 5.58 Å². The average molecular weight is 351 g/mol. The Labute approximate surface area is 144 Å². The smallest absolute Gasteiger partial charge is 0.319 e. The third-order valence-electron chi connectivity index (χ3n) is 3.62. The van der Waals surface area contributed by atoms with Gasteiger partial charge in [0.05, 0.1) is 19.3 Å². The van der Waals surface area contributed by atoms with E-state index >= 15 is 0 Å². The van der Waals surface area contributed by atoms with Crippen molar-refractivity contribution in [2.75, 3.05) is 30.9 Å². The van der Waals surface area contributed by atoms with Crippen molar-refractivity contribution in [2.24, 2.45) is 0 Å². The van der Waals surface area contributed by atoms with Gasteiger partial charge in [-0.15, -0.1) is 0 Å². The first-order chi connectivity index (χ1) is 11.7. The number of nitrogens with one attached hydrogen (secondary N) is 2. The molecule has 1 saturated heterocycles. The number of nitrogens with zero attached hydrogens (tertiary/aromatic N) is 1. The number of anilines is 1. The number of thioether (sulfide) groups is 1. The van der Waals surface area contributed by atoms with Crippen molar-refractivity contribution < 1.29 is 18.7 Å². The molecule has 1 aromatic heterocycles. The molecule has 2 amide bonds. The van der Waals surface area contributed by atoms with E-state index in [9.17, 15) is 4.79 Å². The first-order valence-corrected chi connectivity index (χ1v) is 8.98. The number of benzene rings is 1. The number of hydrogen-bond donors (Lipinski definition) is 2. The molecule has 3 rings (SSSR count). The zero-order valence-corrected chi connectivity index (χ0v) is 14.5. The monoisotopic (exact) mass is 351 g/mol. The summed E-state index contributed by atoms with van der Waals surface area (Å²) in [5.41, 5.74) is 2.08. The van der Waals surface area contributed by atoms with Crippen molar-refractivity contribution in [1.82, 2.24) is 10.3 Å². The van der Waals surface area contributed by atoms with Crippen LogP contribution in [0.4, 0.5) is 10.5 Å². The maximum atomic E-state index is 12.2. The summed E-state index contributed by atoms with van der Waals surface area (Å²) in [4.78, 5) is 16.5. The first-order valence-electron chi connectivity index (χ1n) is 7.99. The third kappa shape index (κ3) is 4.00. The number of hydrogen-bond acceptors (Lipinski definition) is 6. The Balaban J connectivity index is 1.62. The predicted octanol–water partition coefficient (Wildman–Crippen LogP) is 2.87. The summed E-state index contributed by atoms with van der Waals surface area (Å²) in [5.74, 6) is 0.894. The average Bonchev–Trinajstić information content (AvgIpc) is 3.14. The summed E-state index contributed by atoms with van der Waals surface area (Å²) >= 11 is 1.54. The Morgan fingerprint density at radius 3 is 3.08 bits per heavy atom. The van der Waals surface area contributed by atoms with Crippen LogP contribution in [0, 0.1) is 0 Å². The van der Waals surface area contributed by atoms with Gasteiger partial charge in [-0.2, -0.15) is 0 Å². The summed E-state index contributed by atoms with van der Waals surface area (Å²) in [5, 5.41) is 6.33. The fourth-order valence-corrected chi connectivity index (χ4v) is 3.11. The normalized spacial score (nSPS) is 20.4. The van der Waals surface area contributed by atoms with Crippen LogP contribution in [0.15, 0.2) is 27.8 Å². The fraction of sp³-hybridized carbons (Fsp3) is 0.500. The molecule has 1 aliphatic heterocycles. The summed E-state index contributed by atoms with van der Waals surface area (Å²) in [6.45, 7) is 5.51. The SMILES string of the molecule is CCO[C@H]1COC[C@@H]1NC(=O)Nc1ccc2nc(SCC)oc2c1. The topological polar surface area (TPSA) is 85.6 Å². The van der Waals surface area contributed by atoms with Crippen LogP contribution < -0.4 is 10.6 Å². The van der Waals surface area contributed by atoms with E-state index in [0.717, 1.165) is 11.3 Å². The van der Waals surface area contributed by atoms with Gasteiger partial charge in [-0.25, -0.2) is 9.78 Å². The summed E-state index contributed by atoms with van der Waals surface area (Å²) in [6, 6.07) is 4.96. The second-order valence-electron chi connectivity index (χ2n) is 5.33. The highest BCUT2D eigenvalue weighted by Crippen LogP contribution is 2.25. The lowest BCUT2D eigenvalue weighted by molar-refractivity contribution is 0.0428. The van der Waals surface area contributed by atoms with Crippen molar-refractivity contribution in [2.45, 2.75) is 31.2 Å². The van der Waals surface area contributed by atoms with Crippen molar-refractivity contribution in [3.63, 3.8) is 0 Å². The summed E-state index contributed by atoms with van der Waals surface area (Å²) in [6.07, 6.45) is -0.105. The van der Waals surface area contributed by atoms with Gasteiger partial charge in [0, 0.05) is 18.4 Å². The van der Waals surface area contributed by atoms with Gasteiger partial charge in [0.1, 0.15) is 11.6 Å². The number of rotatable bonds is 6. The van der Waals surface area contributed by atoms with E-state index in [2.05, 4.69) is 15.6 Å². The van der Waals surface area contributed by atoms with Gasteiger partial charge in [-0.1, -0.05) is 18.7 Å². The van der Waals surface area contributed by atoms with E-state index in [0.29, 0.717) is 36.3 Å². The van der Waals surface area contributed by atoms with Crippen LogP contribution in [-0.4, -0.2) is 48.7 Å². The highest BCUT2D eigenvalue weighted by atomic mass is 32.2. The summed E-state index contributed by atoms with van der Waals surface area (Å²) in [7, 11) is 0. The van der Waals surface area contributed by atoms with E-state index in [1.165, 1.54) is 0 Å². The number of carbonyl (C=O) groups is 1. The number of carbonyl (C=O) groups excluding carboxylic acids is 1. The third-order valence-corrected chi connectivity index (χ3v) is 4.33. The van der Waals surface area contributed by atoms with Gasteiger partial charge in [0.25, 0.3) is 5.22 Å². The fourth-order valence-electron chi connectivity index (χ4n) is 2.55. The molecule has 2 aromatic rings. The maximum absolute atomic E-state index is 12.2. The van der Waals surface area contributed by atoms with Crippen molar-refractivity contribution in [1.29, 1.82) is 0 Å². The van der Waals surface area contributed by atoms with Crippen LogP contribution >= 0.6 is 11.8 Å². The lowest BCUT2D eigenvalue weighted by Crippen LogP contribution is -2.45. The van der Waals surface area contributed by atoms with Crippen LogP contribution in [0.5, 0.6) is 0 Å². The molecule has 2 atom stereocenters. The van der Waals surface area contributed by atoms with Crippen LogP contribution in [0.2, 0.25) is 0 Å². The maximum Gasteiger partial charge on any atom is 0.319 e. The number of urea groups is 1. The van der Waals surface area contributed by atoms with Gasteiger partial charge in [-0.3, -0.25) is 0 Å². The Morgan fingerprint density at radius 1 is 1.42 bits per heavy atom. The molecule has 2 heterocycles. The minimum absolute atomic E-state index is 0.105. The molecule has 0 spiro atoms. The number of aromatic nitrogens is 1. The van der Waals surface area contributed by atoms with Gasteiger partial charge in [-0.05, 0) is 24.8 Å². The van der Waals surface area contributed by atoms with Gasteiger partial charge < -0.3 is 24.5 Å². The van der Waals surface area contributed by atoms with E-state index in [4.69, 9.17) is 13.9 Å². The minimum Gasteiger partial charge on any atom is -0.431 e. The Morgan fingerprint density at radius 2 is 2.29 bits per heavy atom. The zero-order valence-electron chi connectivity index (χ0n) is 13.7. The number of fused-ring (bicyclic) bond motifs is 1. The molecule has 0 bridgehead atoms. The molecule has 0 aliphatic carbocycles. The van der Waals surface area contributed by atoms with Crippen molar-refractivity contribution >= 4 is 34.6 Å². The molecule has 24 heavy (non-hydrogen) atoms. The molecule has 1 aliphatic rings. The molecular weight excluding hydrogens is 330 g/mol. The minimum atomic E-state index is -0.294. The van der Waals surface area contributed by atoms with E-state index in [-0.39, 0.29) is 18.2 Å². The van der Waals surface area contributed by atoms with E-state index in [1.807, 2.05) is 19.9 Å². The second-order valence-corrected chi connectivity index (χ2v) is 6.55. The Bertz CT molecular complexity index is 706. The molecule has 8 heteroatoms. The largest absolute Gasteiger partial charge is 0.431 e. The number of ether oxygens (including phenoxy) is 2. The molecule has 1 fully saturated rings. The molecule has 2 N–H and O–H groups in total. The molecule has 130 valence electrons. The number of oxazole rings is 1. The van der Waals surface area contributed by atoms with E-state index < -0.39 is 0 Å². The van der Waals surface area contributed by atoms with Gasteiger partial charge >= 0.3 is 6.03 Å². The highest BCUT2D eigenvalue weighted by molar-refractivity contribution is 7.99. The van der Waals surface area contributed by atoms with Crippen LogP contribution in [0.25, 0.3) is 11.1 Å². The van der Waals surface area contributed by atoms with Crippen LogP contribution in [0.3, 0.4) is 0 Å². The molecule has 7 nitrogen and oxygen atoms in total. The molecule has 0 saturated carbocycles. The molecule has 0 radical (unpaired) electrons. The second kappa shape index (κ2) is 7.87. The first kappa shape index (κ1) is 17.1. The van der Waals surface area contributed by atoms with E-state index in [1.54, 1.807) is 23.9 Å². The number of amides is 2. The van der Waals surface area contributed by atoms with Crippen LogP contribution in [-0.2, 0) is 9.47 Å². The lowest BCUT2D eigenvalue weighted by atomic mass is 10.2. The molecule has 0 unspecified atom stereocenters. The van der Waals surface area contributed by atoms with Gasteiger partial charge in [0.2, 0.25) is 0 Å². The zero-order chi connectivity index (χ0) is 16.9. The van der Waals surface area contributed by atoms with Crippen molar-refractivity contribution in [3.8, 4) is 0 Å². The van der Waals surface area contributed by atoms with Crippen LogP contribution in [0.1, 0.15) is 13.8 Å². The quantitative estimate of drug-likeness (QED) is 0.779. The highest BCUT2D eigenvalue weighted by Gasteiger charge is 2.30. The Hall–Kier alpha value is -1.77. The molecular formula is C16H21N3O4S. The Kier molecular flexibility index (Phi) is 5.60. The molecule has 1 aromatic carbocycles.